The van der Waals surface area contributed by atoms with Crippen molar-refractivity contribution in [3.05, 3.63) is 57.7 Å². The van der Waals surface area contributed by atoms with E-state index in [0.717, 1.165) is 42.8 Å². The van der Waals surface area contributed by atoms with Crippen LogP contribution in [0.4, 0.5) is 0 Å². The van der Waals surface area contributed by atoms with Gasteiger partial charge < -0.3 is 24.2 Å². The Hall–Kier alpha value is -2.58. The van der Waals surface area contributed by atoms with Crippen molar-refractivity contribution in [2.24, 2.45) is 0 Å². The van der Waals surface area contributed by atoms with Crippen molar-refractivity contribution in [3.63, 3.8) is 0 Å². The molecule has 2 heterocycles. The number of aldehydes is 1. The second kappa shape index (κ2) is 10.8. The second-order valence-corrected chi connectivity index (χ2v) is 7.46. The normalized spacial score (nSPS) is 9.83. The first-order valence-corrected chi connectivity index (χ1v) is 10.1. The molecule has 0 aliphatic heterocycles. The number of aromatic nitrogens is 2. The smallest absolute Gasteiger partial charge is 0.308 e. The maximum absolute atomic E-state index is 10.8. The first-order chi connectivity index (χ1) is 13.9. The van der Waals surface area contributed by atoms with Gasteiger partial charge in [0.1, 0.15) is 12.0 Å². The highest BCUT2D eigenvalue weighted by Crippen LogP contribution is 2.30. The summed E-state index contributed by atoms with van der Waals surface area (Å²) < 4.78 is 12.2. The molecule has 2 N–H and O–H groups in total. The van der Waals surface area contributed by atoms with Gasteiger partial charge in [0.25, 0.3) is 0 Å². The molecule has 0 amide bonds. The Morgan fingerprint density at radius 2 is 1.72 bits per heavy atom. The van der Waals surface area contributed by atoms with Crippen LogP contribution in [0.1, 0.15) is 13.8 Å². The van der Waals surface area contributed by atoms with Gasteiger partial charge in [-0.15, -0.1) is 0 Å². The average Bonchev–Trinajstić information content (AvgIpc) is 3.27. The van der Waals surface area contributed by atoms with Crippen molar-refractivity contribution in [2.75, 3.05) is 7.11 Å². The third-order valence-corrected chi connectivity index (χ3v) is 4.86. The fraction of sp³-hybridized carbons (Fsp3) is 0.143. The van der Waals surface area contributed by atoms with Crippen LogP contribution in [-0.4, -0.2) is 29.3 Å². The van der Waals surface area contributed by atoms with E-state index < -0.39 is 0 Å². The lowest BCUT2D eigenvalue weighted by Gasteiger charge is -1.98. The molecule has 2 aromatic carbocycles. The molecular weight excluding hydrogens is 504 g/mol. The Labute approximate surface area is 184 Å². The molecule has 0 aliphatic carbocycles. The number of esters is 1. The van der Waals surface area contributed by atoms with E-state index in [1.54, 1.807) is 13.3 Å². The van der Waals surface area contributed by atoms with Crippen LogP contribution < -0.4 is 9.47 Å². The summed E-state index contributed by atoms with van der Waals surface area (Å²) in [7, 11) is 1.67. The predicted molar refractivity (Wildman–Crippen MR) is 122 cm³/mol. The lowest BCUT2D eigenvalue weighted by molar-refractivity contribution is -0.131. The van der Waals surface area contributed by atoms with Crippen molar-refractivity contribution in [1.29, 1.82) is 0 Å². The molecule has 4 rings (SSSR count). The number of fused-ring (bicyclic) bond motifs is 2. The summed E-state index contributed by atoms with van der Waals surface area (Å²) in [4.78, 5) is 25.8. The van der Waals surface area contributed by atoms with Crippen LogP contribution in [0, 0.1) is 0 Å². The van der Waals surface area contributed by atoms with E-state index in [2.05, 4.69) is 41.8 Å². The molecule has 6 nitrogen and oxygen atoms in total. The van der Waals surface area contributed by atoms with E-state index in [9.17, 15) is 4.79 Å². The van der Waals surface area contributed by atoms with Crippen LogP contribution in [0.25, 0.3) is 21.8 Å². The lowest BCUT2D eigenvalue weighted by Crippen LogP contribution is -2.00. The summed E-state index contributed by atoms with van der Waals surface area (Å²) in [6, 6.07) is 11.8. The van der Waals surface area contributed by atoms with Crippen LogP contribution >= 0.6 is 31.9 Å². The predicted octanol–water partition coefficient (Wildman–Crippen LogP) is 6.00. The van der Waals surface area contributed by atoms with Gasteiger partial charge in [0.05, 0.1) is 18.1 Å². The van der Waals surface area contributed by atoms with Gasteiger partial charge in [0, 0.05) is 39.0 Å². The number of para-hydroxylation sites is 1. The number of aromatic amines is 2. The highest BCUT2D eigenvalue weighted by molar-refractivity contribution is 9.11. The Kier molecular flexibility index (Phi) is 8.48. The Bertz CT molecular complexity index is 1120. The average molecular weight is 524 g/mol. The number of nitrogens with one attached hydrogen (secondary N) is 2. The number of methoxy groups -OCH3 is 1. The monoisotopic (exact) mass is 522 g/mol. The zero-order valence-corrected chi connectivity index (χ0v) is 19.3. The fourth-order valence-corrected chi connectivity index (χ4v) is 3.41. The van der Waals surface area contributed by atoms with Crippen molar-refractivity contribution >= 4 is 65.9 Å². The zero-order valence-electron chi connectivity index (χ0n) is 16.1. The van der Waals surface area contributed by atoms with Gasteiger partial charge in [-0.1, -0.05) is 22.0 Å². The van der Waals surface area contributed by atoms with Gasteiger partial charge >= 0.3 is 5.97 Å². The van der Waals surface area contributed by atoms with E-state index >= 15 is 0 Å². The van der Waals surface area contributed by atoms with Gasteiger partial charge in [-0.3, -0.25) is 4.79 Å². The van der Waals surface area contributed by atoms with E-state index in [1.165, 1.54) is 13.8 Å². The fourth-order valence-electron chi connectivity index (χ4n) is 2.57. The number of hydrogen-bond acceptors (Lipinski definition) is 4. The molecule has 0 saturated carbocycles. The molecule has 0 atom stereocenters. The molecule has 0 spiro atoms. The third-order valence-electron chi connectivity index (χ3n) is 3.71. The molecule has 2 aromatic heterocycles. The number of rotatable bonds is 2. The largest absolute Gasteiger partial charge is 0.495 e. The molecular formula is C21H20Br2N2O4. The molecule has 8 heteroatoms. The zero-order chi connectivity index (χ0) is 21.4. The SMILES string of the molecule is CC(=O)Oc1c[nH]c2c(Br)cccc12.CC=O.COc1c[nH]c2cc(Br)ccc12. The first-order valence-electron chi connectivity index (χ1n) is 8.55. The molecule has 4 aromatic rings. The number of carbonyl (C=O) groups is 2. The minimum absolute atomic E-state index is 0.314. The summed E-state index contributed by atoms with van der Waals surface area (Å²) in [5.74, 6) is 1.14. The molecule has 0 bridgehead atoms. The molecule has 152 valence electrons. The van der Waals surface area contributed by atoms with Gasteiger partial charge in [-0.05, 0) is 53.2 Å². The second-order valence-electron chi connectivity index (χ2n) is 5.69. The van der Waals surface area contributed by atoms with Gasteiger partial charge in [0.2, 0.25) is 0 Å². The molecule has 0 aliphatic rings. The Balaban J connectivity index is 0.000000184. The van der Waals surface area contributed by atoms with Crippen LogP contribution in [-0.2, 0) is 9.59 Å². The standard InChI is InChI=1S/C10H8BrNO2.C9H8BrNO.C2H4O/c1-6(13)14-9-5-12-10-7(9)3-2-4-8(10)11;1-12-9-5-11-8-4-6(10)2-3-7(8)9;1-2-3/h2-5,12H,1H3;2-5,11H,1H3;2H,1H3. The number of benzene rings is 2. The lowest BCUT2D eigenvalue weighted by atomic mass is 10.2. The number of hydrogen-bond donors (Lipinski definition) is 2. The molecule has 29 heavy (non-hydrogen) atoms. The Morgan fingerprint density at radius 1 is 1.03 bits per heavy atom. The maximum Gasteiger partial charge on any atom is 0.308 e. The molecule has 0 radical (unpaired) electrons. The number of halogens is 2. The maximum atomic E-state index is 10.8. The topological polar surface area (TPSA) is 84.2 Å². The summed E-state index contributed by atoms with van der Waals surface area (Å²) in [5.41, 5.74) is 2.02. The van der Waals surface area contributed by atoms with Gasteiger partial charge in [-0.2, -0.15) is 0 Å². The Morgan fingerprint density at radius 3 is 2.38 bits per heavy atom. The summed E-state index contributed by atoms with van der Waals surface area (Å²) in [5, 5.41) is 2.01. The van der Waals surface area contributed by atoms with Crippen LogP contribution in [0.15, 0.2) is 57.7 Å². The van der Waals surface area contributed by atoms with Crippen molar-refractivity contribution < 1.29 is 19.1 Å². The van der Waals surface area contributed by atoms with Crippen molar-refractivity contribution in [3.8, 4) is 11.5 Å². The molecule has 0 fully saturated rings. The van der Waals surface area contributed by atoms with Crippen molar-refractivity contribution in [2.45, 2.75) is 13.8 Å². The van der Waals surface area contributed by atoms with E-state index in [4.69, 9.17) is 14.3 Å². The van der Waals surface area contributed by atoms with Gasteiger partial charge in [-0.25, -0.2) is 0 Å². The molecule has 0 unspecified atom stereocenters. The van der Waals surface area contributed by atoms with Crippen molar-refractivity contribution in [1.82, 2.24) is 9.97 Å². The summed E-state index contributed by atoms with van der Waals surface area (Å²) >= 11 is 6.81. The minimum atomic E-state index is -0.314. The minimum Gasteiger partial charge on any atom is -0.495 e. The number of H-pyrrole nitrogens is 2. The first kappa shape index (κ1) is 22.7. The van der Waals surface area contributed by atoms with Crippen LogP contribution in [0.3, 0.4) is 0 Å². The summed E-state index contributed by atoms with van der Waals surface area (Å²) in [6.45, 7) is 2.83. The van der Waals surface area contributed by atoms with E-state index in [-0.39, 0.29) is 5.97 Å². The van der Waals surface area contributed by atoms with Crippen LogP contribution in [0.2, 0.25) is 0 Å². The van der Waals surface area contributed by atoms with E-state index in [0.29, 0.717) is 5.75 Å². The number of carbonyl (C=O) groups excluding carboxylic acids is 2. The van der Waals surface area contributed by atoms with E-state index in [1.807, 2.05) is 42.6 Å². The van der Waals surface area contributed by atoms with Gasteiger partial charge in [0.15, 0.2) is 5.75 Å². The molecule has 0 saturated heterocycles. The van der Waals surface area contributed by atoms with Crippen LogP contribution in [0.5, 0.6) is 11.5 Å². The highest BCUT2D eigenvalue weighted by Gasteiger charge is 2.08. The highest BCUT2D eigenvalue weighted by atomic mass is 79.9. The third kappa shape index (κ3) is 5.95. The number of ether oxygens (including phenoxy) is 2. The summed E-state index contributed by atoms with van der Waals surface area (Å²) in [6.07, 6.45) is 4.29. The quantitative estimate of drug-likeness (QED) is 0.249.